The molecule has 0 atom stereocenters. The zero-order chi connectivity index (χ0) is 20.1. The van der Waals surface area contributed by atoms with Crippen LogP contribution in [0.2, 0.25) is 0 Å². The van der Waals surface area contributed by atoms with Crippen LogP contribution >= 0.6 is 0 Å². The van der Waals surface area contributed by atoms with E-state index in [4.69, 9.17) is 0 Å². The first kappa shape index (κ1) is 20.2. The van der Waals surface area contributed by atoms with E-state index in [9.17, 15) is 4.79 Å². The Morgan fingerprint density at radius 3 is 2.04 bits per heavy atom. The average Bonchev–Trinajstić information content (AvgIpc) is 2.67. The smallest absolute Gasteiger partial charge is 0.243 e. The second-order valence-corrected chi connectivity index (χ2v) is 8.57. The fourth-order valence-electron chi connectivity index (χ4n) is 3.30. The summed E-state index contributed by atoms with van der Waals surface area (Å²) in [5, 5.41) is 6.14. The lowest BCUT2D eigenvalue weighted by Gasteiger charge is -2.34. The van der Waals surface area contributed by atoms with Gasteiger partial charge in [0.2, 0.25) is 5.91 Å². The van der Waals surface area contributed by atoms with E-state index in [2.05, 4.69) is 72.5 Å². The quantitative estimate of drug-likeness (QED) is 0.829. The van der Waals surface area contributed by atoms with Crippen LogP contribution in [0.3, 0.4) is 0 Å². The molecule has 1 fully saturated rings. The summed E-state index contributed by atoms with van der Waals surface area (Å²) >= 11 is 0. The molecule has 1 aliphatic heterocycles. The van der Waals surface area contributed by atoms with Crippen molar-refractivity contribution in [3.8, 4) is 0 Å². The number of anilines is 3. The lowest BCUT2D eigenvalue weighted by atomic mass is 9.87. The maximum absolute atomic E-state index is 12.2. The Kier molecular flexibility index (Phi) is 6.25. The van der Waals surface area contributed by atoms with Crippen LogP contribution in [0, 0.1) is 0 Å². The molecule has 0 spiro atoms. The molecule has 5 nitrogen and oxygen atoms in total. The molecular formula is C23H32N4O. The Bertz CT molecular complexity index is 770. The van der Waals surface area contributed by atoms with Gasteiger partial charge >= 0.3 is 0 Å². The molecule has 28 heavy (non-hydrogen) atoms. The highest BCUT2D eigenvalue weighted by Gasteiger charge is 2.14. The van der Waals surface area contributed by atoms with Gasteiger partial charge in [-0.15, -0.1) is 0 Å². The number of benzene rings is 2. The summed E-state index contributed by atoms with van der Waals surface area (Å²) in [6.07, 6.45) is 0. The minimum absolute atomic E-state index is 0.0488. The molecule has 2 aromatic rings. The number of rotatable bonds is 5. The van der Waals surface area contributed by atoms with Crippen molar-refractivity contribution in [2.24, 2.45) is 0 Å². The molecule has 1 heterocycles. The number of hydrogen-bond donors (Lipinski definition) is 2. The van der Waals surface area contributed by atoms with Gasteiger partial charge in [0.15, 0.2) is 0 Å². The standard InChI is InChI=1S/C23H32N4O/c1-23(2,3)18-5-7-19(8-6-18)24-17-22(28)25-20-9-11-21(12-10-20)27-15-13-26(4)14-16-27/h5-12,24H,13-17H2,1-4H3,(H,25,28). The number of nitrogens with one attached hydrogen (secondary N) is 2. The Morgan fingerprint density at radius 1 is 0.893 bits per heavy atom. The van der Waals surface area contributed by atoms with Crippen LogP contribution in [-0.2, 0) is 10.2 Å². The van der Waals surface area contributed by atoms with E-state index in [0.29, 0.717) is 0 Å². The normalized spacial score (nSPS) is 15.4. The fraction of sp³-hybridized carbons (Fsp3) is 0.435. The Balaban J connectivity index is 1.48. The predicted octanol–water partition coefficient (Wildman–Crippen LogP) is 3.79. The van der Waals surface area contributed by atoms with Crippen LogP contribution in [-0.4, -0.2) is 50.6 Å². The van der Waals surface area contributed by atoms with Gasteiger partial charge in [0.25, 0.3) is 0 Å². The second kappa shape index (κ2) is 8.65. The molecule has 150 valence electrons. The van der Waals surface area contributed by atoms with Gasteiger partial charge in [-0.1, -0.05) is 32.9 Å². The third-order valence-electron chi connectivity index (χ3n) is 5.22. The third-order valence-corrected chi connectivity index (χ3v) is 5.22. The first-order valence-electron chi connectivity index (χ1n) is 9.99. The summed E-state index contributed by atoms with van der Waals surface area (Å²) in [5.41, 5.74) is 4.40. The molecule has 2 aromatic carbocycles. The maximum atomic E-state index is 12.2. The Morgan fingerprint density at radius 2 is 1.46 bits per heavy atom. The van der Waals surface area contributed by atoms with Gasteiger partial charge < -0.3 is 20.4 Å². The van der Waals surface area contributed by atoms with Crippen LogP contribution in [0.1, 0.15) is 26.3 Å². The summed E-state index contributed by atoms with van der Waals surface area (Å²) in [6, 6.07) is 16.4. The highest BCUT2D eigenvalue weighted by Crippen LogP contribution is 2.23. The van der Waals surface area contributed by atoms with Crippen LogP contribution in [0.5, 0.6) is 0 Å². The molecule has 0 aliphatic carbocycles. The van der Waals surface area contributed by atoms with Gasteiger partial charge in [-0.3, -0.25) is 4.79 Å². The van der Waals surface area contributed by atoms with Gasteiger partial charge in [0.1, 0.15) is 0 Å². The van der Waals surface area contributed by atoms with E-state index < -0.39 is 0 Å². The van der Waals surface area contributed by atoms with Crippen LogP contribution in [0.15, 0.2) is 48.5 Å². The van der Waals surface area contributed by atoms with Crippen LogP contribution in [0.4, 0.5) is 17.1 Å². The van der Waals surface area contributed by atoms with E-state index >= 15 is 0 Å². The number of carbonyl (C=O) groups is 1. The van der Waals surface area contributed by atoms with Gasteiger partial charge in [-0.05, 0) is 54.4 Å². The van der Waals surface area contributed by atoms with Crippen molar-refractivity contribution in [3.05, 3.63) is 54.1 Å². The molecule has 0 unspecified atom stereocenters. The first-order chi connectivity index (χ1) is 13.3. The number of likely N-dealkylation sites (N-methyl/N-ethyl adjacent to an activating group) is 1. The second-order valence-electron chi connectivity index (χ2n) is 8.57. The monoisotopic (exact) mass is 380 g/mol. The zero-order valence-corrected chi connectivity index (χ0v) is 17.5. The van der Waals surface area contributed by atoms with Gasteiger partial charge in [-0.2, -0.15) is 0 Å². The van der Waals surface area contributed by atoms with E-state index in [1.165, 1.54) is 11.3 Å². The summed E-state index contributed by atoms with van der Waals surface area (Å²) < 4.78 is 0. The molecule has 1 aliphatic rings. The summed E-state index contributed by atoms with van der Waals surface area (Å²) in [5.74, 6) is -0.0488. The minimum atomic E-state index is -0.0488. The molecule has 0 radical (unpaired) electrons. The first-order valence-corrected chi connectivity index (χ1v) is 9.99. The number of amides is 1. The molecule has 0 aromatic heterocycles. The Labute approximate surface area is 168 Å². The Hall–Kier alpha value is -2.53. The molecule has 1 saturated heterocycles. The topological polar surface area (TPSA) is 47.6 Å². The van der Waals surface area contributed by atoms with Crippen molar-refractivity contribution in [2.75, 3.05) is 55.3 Å². The van der Waals surface area contributed by atoms with Crippen LogP contribution in [0.25, 0.3) is 0 Å². The zero-order valence-electron chi connectivity index (χ0n) is 17.5. The van der Waals surface area contributed by atoms with Crippen molar-refractivity contribution in [3.63, 3.8) is 0 Å². The van der Waals surface area contributed by atoms with Crippen molar-refractivity contribution >= 4 is 23.0 Å². The van der Waals surface area contributed by atoms with Crippen molar-refractivity contribution in [1.82, 2.24) is 4.90 Å². The van der Waals surface area contributed by atoms with Gasteiger partial charge in [-0.25, -0.2) is 0 Å². The molecule has 0 saturated carbocycles. The lowest BCUT2D eigenvalue weighted by molar-refractivity contribution is -0.114. The average molecular weight is 381 g/mol. The van der Waals surface area contributed by atoms with Gasteiger partial charge in [0.05, 0.1) is 6.54 Å². The fourth-order valence-corrected chi connectivity index (χ4v) is 3.30. The largest absolute Gasteiger partial charge is 0.376 e. The minimum Gasteiger partial charge on any atom is -0.376 e. The third kappa shape index (κ3) is 5.49. The molecule has 5 heteroatoms. The highest BCUT2D eigenvalue weighted by molar-refractivity contribution is 5.93. The van der Waals surface area contributed by atoms with E-state index in [1.807, 2.05) is 24.3 Å². The lowest BCUT2D eigenvalue weighted by Crippen LogP contribution is -2.44. The summed E-state index contributed by atoms with van der Waals surface area (Å²) in [7, 11) is 2.16. The van der Waals surface area contributed by atoms with Crippen molar-refractivity contribution in [2.45, 2.75) is 26.2 Å². The van der Waals surface area contributed by atoms with E-state index in [-0.39, 0.29) is 17.9 Å². The predicted molar refractivity (Wildman–Crippen MR) is 118 cm³/mol. The molecule has 2 N–H and O–H groups in total. The van der Waals surface area contributed by atoms with Crippen molar-refractivity contribution < 1.29 is 4.79 Å². The number of nitrogens with zero attached hydrogens (tertiary/aromatic N) is 2. The van der Waals surface area contributed by atoms with Crippen molar-refractivity contribution in [1.29, 1.82) is 0 Å². The van der Waals surface area contributed by atoms with E-state index in [1.54, 1.807) is 0 Å². The molecular weight excluding hydrogens is 348 g/mol. The molecule has 1 amide bonds. The maximum Gasteiger partial charge on any atom is 0.243 e. The molecule has 3 rings (SSSR count). The SMILES string of the molecule is CN1CCN(c2ccc(NC(=O)CNc3ccc(C(C)(C)C)cc3)cc2)CC1. The highest BCUT2D eigenvalue weighted by atomic mass is 16.1. The van der Waals surface area contributed by atoms with Crippen LogP contribution < -0.4 is 15.5 Å². The number of carbonyl (C=O) groups excluding carboxylic acids is 1. The van der Waals surface area contributed by atoms with E-state index in [0.717, 1.165) is 37.6 Å². The van der Waals surface area contributed by atoms with Gasteiger partial charge in [0, 0.05) is 43.2 Å². The summed E-state index contributed by atoms with van der Waals surface area (Å²) in [6.45, 7) is 11.1. The summed E-state index contributed by atoms with van der Waals surface area (Å²) in [4.78, 5) is 17.0. The number of piperazine rings is 1. The number of hydrogen-bond acceptors (Lipinski definition) is 4. The molecule has 0 bridgehead atoms.